The molecule has 28 heavy (non-hydrogen) atoms. The van der Waals surface area contributed by atoms with E-state index in [4.69, 9.17) is 0 Å². The molecule has 2 rings (SSSR count). The predicted molar refractivity (Wildman–Crippen MR) is 103 cm³/mol. The van der Waals surface area contributed by atoms with Gasteiger partial charge < -0.3 is 15.3 Å². The van der Waals surface area contributed by atoms with E-state index in [-0.39, 0.29) is 23.8 Å². The molecule has 2 unspecified atom stereocenters. The van der Waals surface area contributed by atoms with Crippen LogP contribution in [-0.4, -0.2) is 46.9 Å². The zero-order valence-corrected chi connectivity index (χ0v) is 16.7. The summed E-state index contributed by atoms with van der Waals surface area (Å²) in [6.07, 6.45) is 2.29. The van der Waals surface area contributed by atoms with Crippen molar-refractivity contribution in [1.82, 2.24) is 10.2 Å². The first-order chi connectivity index (χ1) is 13.1. The van der Waals surface area contributed by atoms with Crippen LogP contribution in [0, 0.1) is 17.2 Å². The first kappa shape index (κ1) is 21.9. The van der Waals surface area contributed by atoms with Gasteiger partial charge in [-0.2, -0.15) is 0 Å². The number of piperidine rings is 1. The Labute approximate surface area is 165 Å². The standard InChI is InChI=1S/C21H29FN2O4/c1-21(2,3)11-10-17(20(27)28)23-18(25)15-5-4-12-24(13-15)19(26)14-6-8-16(22)9-7-14/h6-9,15,17H,4-5,10-13H2,1-3H3,(H,23,25)(H,27,28). The number of carboxylic acid groups (broad SMARTS) is 1. The van der Waals surface area contributed by atoms with Gasteiger partial charge in [0.2, 0.25) is 5.91 Å². The Morgan fingerprint density at radius 1 is 1.25 bits per heavy atom. The van der Waals surface area contributed by atoms with Crippen LogP contribution in [0.15, 0.2) is 24.3 Å². The highest BCUT2D eigenvalue weighted by molar-refractivity contribution is 5.94. The Hall–Kier alpha value is -2.44. The van der Waals surface area contributed by atoms with Crippen LogP contribution in [-0.2, 0) is 9.59 Å². The van der Waals surface area contributed by atoms with Gasteiger partial charge in [0.05, 0.1) is 5.92 Å². The highest BCUT2D eigenvalue weighted by Crippen LogP contribution is 2.23. The van der Waals surface area contributed by atoms with Crippen LogP contribution in [0.5, 0.6) is 0 Å². The van der Waals surface area contributed by atoms with Crippen molar-refractivity contribution < 1.29 is 23.9 Å². The van der Waals surface area contributed by atoms with Gasteiger partial charge in [-0.05, 0) is 55.4 Å². The Morgan fingerprint density at radius 2 is 1.89 bits per heavy atom. The molecule has 0 radical (unpaired) electrons. The van der Waals surface area contributed by atoms with Crippen molar-refractivity contribution in [3.05, 3.63) is 35.6 Å². The first-order valence-corrected chi connectivity index (χ1v) is 9.65. The zero-order valence-electron chi connectivity index (χ0n) is 16.7. The van der Waals surface area contributed by atoms with Gasteiger partial charge in [-0.3, -0.25) is 9.59 Å². The maximum absolute atomic E-state index is 13.1. The molecule has 1 fully saturated rings. The summed E-state index contributed by atoms with van der Waals surface area (Å²) in [6, 6.07) is 4.37. The summed E-state index contributed by atoms with van der Waals surface area (Å²) < 4.78 is 13.1. The quantitative estimate of drug-likeness (QED) is 0.779. The third-order valence-electron chi connectivity index (χ3n) is 4.97. The number of aliphatic carboxylic acids is 1. The number of rotatable bonds is 6. The Bertz CT molecular complexity index is 712. The van der Waals surface area contributed by atoms with Gasteiger partial charge in [-0.1, -0.05) is 20.8 Å². The molecule has 1 aromatic carbocycles. The van der Waals surface area contributed by atoms with Crippen molar-refractivity contribution >= 4 is 17.8 Å². The van der Waals surface area contributed by atoms with Crippen molar-refractivity contribution in [3.8, 4) is 0 Å². The van der Waals surface area contributed by atoms with Crippen LogP contribution < -0.4 is 5.32 Å². The van der Waals surface area contributed by atoms with E-state index in [9.17, 15) is 23.9 Å². The number of hydrogen-bond donors (Lipinski definition) is 2. The molecule has 154 valence electrons. The fraction of sp³-hybridized carbons (Fsp3) is 0.571. The molecule has 0 aromatic heterocycles. The Balaban J connectivity index is 1.98. The topological polar surface area (TPSA) is 86.7 Å². The van der Waals surface area contributed by atoms with Gasteiger partial charge in [-0.25, -0.2) is 9.18 Å². The third kappa shape index (κ3) is 6.32. The van der Waals surface area contributed by atoms with E-state index in [1.54, 1.807) is 4.90 Å². The number of carbonyl (C=O) groups is 3. The van der Waals surface area contributed by atoms with Gasteiger partial charge in [0.25, 0.3) is 5.91 Å². The lowest BCUT2D eigenvalue weighted by atomic mass is 9.88. The number of halogens is 1. The number of carboxylic acids is 1. The molecule has 2 atom stereocenters. The predicted octanol–water partition coefficient (Wildman–Crippen LogP) is 3.07. The molecule has 2 N–H and O–H groups in total. The van der Waals surface area contributed by atoms with Crippen molar-refractivity contribution in [1.29, 1.82) is 0 Å². The minimum atomic E-state index is -1.05. The molecule has 1 saturated heterocycles. The van der Waals surface area contributed by atoms with Crippen LogP contribution in [0.4, 0.5) is 4.39 Å². The summed E-state index contributed by atoms with van der Waals surface area (Å²) >= 11 is 0. The Kier molecular flexibility index (Phi) is 7.16. The second-order valence-electron chi connectivity index (χ2n) is 8.60. The van der Waals surface area contributed by atoms with Crippen molar-refractivity contribution in [2.75, 3.05) is 13.1 Å². The lowest BCUT2D eigenvalue weighted by Crippen LogP contribution is -2.49. The van der Waals surface area contributed by atoms with Gasteiger partial charge in [0.15, 0.2) is 0 Å². The summed E-state index contributed by atoms with van der Waals surface area (Å²) in [6.45, 7) is 6.81. The van der Waals surface area contributed by atoms with E-state index in [1.807, 2.05) is 20.8 Å². The molecule has 2 amide bonds. The summed E-state index contributed by atoms with van der Waals surface area (Å²) in [5, 5.41) is 12.1. The minimum Gasteiger partial charge on any atom is -0.480 e. The van der Waals surface area contributed by atoms with Crippen molar-refractivity contribution in [2.24, 2.45) is 11.3 Å². The molecule has 0 bridgehead atoms. The SMILES string of the molecule is CC(C)(C)CCC(NC(=O)C1CCCN(C(=O)c2ccc(F)cc2)C1)C(=O)O. The fourth-order valence-electron chi connectivity index (χ4n) is 3.27. The van der Waals surface area contributed by atoms with Crippen LogP contribution >= 0.6 is 0 Å². The summed E-state index contributed by atoms with van der Waals surface area (Å²) in [5.74, 6) is -2.50. The van der Waals surface area contributed by atoms with E-state index in [1.165, 1.54) is 24.3 Å². The third-order valence-corrected chi connectivity index (χ3v) is 4.97. The number of benzene rings is 1. The van der Waals surface area contributed by atoms with Gasteiger partial charge >= 0.3 is 5.97 Å². The molecule has 0 saturated carbocycles. The molecule has 1 aliphatic rings. The van der Waals surface area contributed by atoms with Gasteiger partial charge in [0.1, 0.15) is 11.9 Å². The average Bonchev–Trinajstić information content (AvgIpc) is 2.64. The second kappa shape index (κ2) is 9.17. The number of carbonyl (C=O) groups excluding carboxylic acids is 2. The number of nitrogens with zero attached hydrogens (tertiary/aromatic N) is 1. The Morgan fingerprint density at radius 3 is 2.46 bits per heavy atom. The summed E-state index contributed by atoms with van der Waals surface area (Å²) in [5.41, 5.74) is 0.345. The maximum atomic E-state index is 13.1. The van der Waals surface area contributed by atoms with E-state index in [0.717, 1.165) is 0 Å². The molecule has 0 aliphatic carbocycles. The maximum Gasteiger partial charge on any atom is 0.326 e. The lowest BCUT2D eigenvalue weighted by Gasteiger charge is -2.33. The molecule has 1 aromatic rings. The van der Waals surface area contributed by atoms with Crippen molar-refractivity contribution in [3.63, 3.8) is 0 Å². The van der Waals surface area contributed by atoms with Crippen LogP contribution in [0.2, 0.25) is 0 Å². The van der Waals surface area contributed by atoms with Crippen molar-refractivity contribution in [2.45, 2.75) is 52.5 Å². The largest absolute Gasteiger partial charge is 0.480 e. The number of nitrogens with one attached hydrogen (secondary N) is 1. The fourth-order valence-corrected chi connectivity index (χ4v) is 3.27. The second-order valence-corrected chi connectivity index (χ2v) is 8.60. The number of hydrogen-bond acceptors (Lipinski definition) is 3. The first-order valence-electron chi connectivity index (χ1n) is 9.65. The summed E-state index contributed by atoms with van der Waals surface area (Å²) in [7, 11) is 0. The van der Waals surface area contributed by atoms with Crippen LogP contribution in [0.3, 0.4) is 0 Å². The zero-order chi connectivity index (χ0) is 20.9. The molecular weight excluding hydrogens is 363 g/mol. The number of amides is 2. The normalized spacial score (nSPS) is 18.4. The average molecular weight is 392 g/mol. The van der Waals surface area contributed by atoms with Crippen LogP contribution in [0.1, 0.15) is 56.8 Å². The van der Waals surface area contributed by atoms with Gasteiger partial charge in [0, 0.05) is 18.7 Å². The van der Waals surface area contributed by atoms with E-state index in [2.05, 4.69) is 5.32 Å². The highest BCUT2D eigenvalue weighted by atomic mass is 19.1. The molecule has 0 spiro atoms. The highest BCUT2D eigenvalue weighted by Gasteiger charge is 2.31. The minimum absolute atomic E-state index is 0.0261. The smallest absolute Gasteiger partial charge is 0.326 e. The molecule has 1 heterocycles. The lowest BCUT2D eigenvalue weighted by molar-refractivity contribution is -0.143. The van der Waals surface area contributed by atoms with Gasteiger partial charge in [-0.15, -0.1) is 0 Å². The van der Waals surface area contributed by atoms with E-state index in [0.29, 0.717) is 37.8 Å². The van der Waals surface area contributed by atoms with E-state index >= 15 is 0 Å². The molecular formula is C21H29FN2O4. The van der Waals surface area contributed by atoms with Crippen LogP contribution in [0.25, 0.3) is 0 Å². The molecule has 6 nitrogen and oxygen atoms in total. The monoisotopic (exact) mass is 392 g/mol. The number of likely N-dealkylation sites (tertiary alicyclic amines) is 1. The van der Waals surface area contributed by atoms with E-state index < -0.39 is 23.7 Å². The summed E-state index contributed by atoms with van der Waals surface area (Å²) in [4.78, 5) is 38.3. The molecule has 1 aliphatic heterocycles. The molecule has 7 heteroatoms.